The fourth-order valence-electron chi connectivity index (χ4n) is 2.53. The molecule has 0 aromatic heterocycles. The highest BCUT2D eigenvalue weighted by Crippen LogP contribution is 2.30. The number of amides is 1. The highest BCUT2D eigenvalue weighted by atomic mass is 16.5. The number of carbonyl (C=O) groups excluding carboxylic acids is 1. The Balaban J connectivity index is 2.01. The zero-order chi connectivity index (χ0) is 15.5. The van der Waals surface area contributed by atoms with Crippen LogP contribution in [0.3, 0.4) is 0 Å². The maximum Gasteiger partial charge on any atom is 0.323 e. The zero-order valence-corrected chi connectivity index (χ0v) is 11.8. The van der Waals surface area contributed by atoms with Crippen molar-refractivity contribution in [1.29, 1.82) is 0 Å². The molecule has 0 bridgehead atoms. The van der Waals surface area contributed by atoms with Gasteiger partial charge in [-0.05, 0) is 17.7 Å². The summed E-state index contributed by atoms with van der Waals surface area (Å²) < 4.78 is 5.97. The lowest BCUT2D eigenvalue weighted by atomic mass is 10.1. The summed E-state index contributed by atoms with van der Waals surface area (Å²) in [4.78, 5) is 24.9. The van der Waals surface area contributed by atoms with Gasteiger partial charge in [0.15, 0.2) is 0 Å². The Morgan fingerprint density at radius 1 is 1.14 bits per heavy atom. The summed E-state index contributed by atoms with van der Waals surface area (Å²) >= 11 is 0. The molecule has 22 heavy (non-hydrogen) atoms. The molecule has 0 radical (unpaired) electrons. The van der Waals surface area contributed by atoms with E-state index in [1.807, 2.05) is 30.3 Å². The van der Waals surface area contributed by atoms with Crippen LogP contribution in [0.5, 0.6) is 5.75 Å². The third-order valence-corrected chi connectivity index (χ3v) is 3.56. The summed E-state index contributed by atoms with van der Waals surface area (Å²) in [5.41, 5.74) is 1.30. The first kappa shape index (κ1) is 14.1. The molecule has 1 atom stereocenters. The minimum Gasteiger partial charge on any atom is -0.483 e. The normalized spacial score (nSPS) is 17.4. The standard InChI is InChI=1S/C17H15NO4/c19-16(20)11-18-10-15(12-6-2-1-3-7-12)22-14-9-5-4-8-13(14)17(18)21/h1-9,15H,10-11H2,(H,19,20)/t15-/m1/s1. The van der Waals surface area contributed by atoms with Gasteiger partial charge in [0.2, 0.25) is 0 Å². The molecule has 1 aliphatic heterocycles. The molecule has 1 N–H and O–H groups in total. The number of hydrogen-bond donors (Lipinski definition) is 1. The van der Waals surface area contributed by atoms with Gasteiger partial charge in [0.1, 0.15) is 18.4 Å². The van der Waals surface area contributed by atoms with Gasteiger partial charge in [0.25, 0.3) is 5.91 Å². The predicted octanol–water partition coefficient (Wildman–Crippen LogP) is 2.35. The van der Waals surface area contributed by atoms with Gasteiger partial charge in [-0.2, -0.15) is 0 Å². The van der Waals surface area contributed by atoms with Crippen LogP contribution < -0.4 is 4.74 Å². The Bertz CT molecular complexity index is 699. The van der Waals surface area contributed by atoms with E-state index in [0.717, 1.165) is 5.56 Å². The summed E-state index contributed by atoms with van der Waals surface area (Å²) in [6.07, 6.45) is -0.395. The van der Waals surface area contributed by atoms with Gasteiger partial charge in [0.05, 0.1) is 12.1 Å². The first-order chi connectivity index (χ1) is 10.6. The topological polar surface area (TPSA) is 66.8 Å². The molecule has 112 valence electrons. The number of para-hydroxylation sites is 1. The monoisotopic (exact) mass is 297 g/mol. The number of benzene rings is 2. The lowest BCUT2D eigenvalue weighted by Gasteiger charge is -2.23. The Morgan fingerprint density at radius 3 is 2.55 bits per heavy atom. The Hall–Kier alpha value is -2.82. The molecular formula is C17H15NO4. The van der Waals surface area contributed by atoms with Gasteiger partial charge in [0, 0.05) is 0 Å². The van der Waals surface area contributed by atoms with E-state index in [2.05, 4.69) is 0 Å². The summed E-state index contributed by atoms with van der Waals surface area (Å²) in [7, 11) is 0. The summed E-state index contributed by atoms with van der Waals surface area (Å²) in [6, 6.07) is 16.4. The molecule has 2 aromatic carbocycles. The third-order valence-electron chi connectivity index (χ3n) is 3.56. The van der Waals surface area contributed by atoms with Crippen molar-refractivity contribution >= 4 is 11.9 Å². The molecule has 0 aliphatic carbocycles. The molecular weight excluding hydrogens is 282 g/mol. The second-order valence-electron chi connectivity index (χ2n) is 5.09. The van der Waals surface area contributed by atoms with Crippen molar-refractivity contribution in [3.05, 3.63) is 65.7 Å². The van der Waals surface area contributed by atoms with Crippen LogP contribution >= 0.6 is 0 Å². The van der Waals surface area contributed by atoms with Crippen molar-refractivity contribution in [3.63, 3.8) is 0 Å². The van der Waals surface area contributed by atoms with E-state index in [-0.39, 0.29) is 19.0 Å². The minimum atomic E-state index is -1.04. The smallest absolute Gasteiger partial charge is 0.323 e. The minimum absolute atomic E-state index is 0.198. The van der Waals surface area contributed by atoms with E-state index in [9.17, 15) is 9.59 Å². The molecule has 0 unspecified atom stereocenters. The van der Waals surface area contributed by atoms with Crippen LogP contribution in [0.25, 0.3) is 0 Å². The van der Waals surface area contributed by atoms with Crippen LogP contribution in [-0.2, 0) is 4.79 Å². The fourth-order valence-corrected chi connectivity index (χ4v) is 2.53. The quantitative estimate of drug-likeness (QED) is 0.944. The van der Waals surface area contributed by atoms with Crippen LogP contribution in [-0.4, -0.2) is 35.0 Å². The molecule has 3 rings (SSSR count). The molecule has 5 nitrogen and oxygen atoms in total. The Kier molecular flexibility index (Phi) is 3.78. The molecule has 1 aliphatic rings. The SMILES string of the molecule is O=C(O)CN1C[C@H](c2ccccc2)Oc2ccccc2C1=O. The van der Waals surface area contributed by atoms with Crippen molar-refractivity contribution in [3.8, 4) is 5.75 Å². The largest absolute Gasteiger partial charge is 0.483 e. The van der Waals surface area contributed by atoms with E-state index in [0.29, 0.717) is 11.3 Å². The second kappa shape index (κ2) is 5.89. The maximum absolute atomic E-state index is 12.5. The van der Waals surface area contributed by atoms with Crippen molar-refractivity contribution in [2.45, 2.75) is 6.10 Å². The molecule has 0 spiro atoms. The van der Waals surface area contributed by atoms with Crippen LogP contribution in [0.15, 0.2) is 54.6 Å². The summed E-state index contributed by atoms with van der Waals surface area (Å²) in [5.74, 6) is -0.884. The maximum atomic E-state index is 12.5. The lowest BCUT2D eigenvalue weighted by Crippen LogP contribution is -2.37. The Labute approximate surface area is 127 Å². The molecule has 0 saturated heterocycles. The van der Waals surface area contributed by atoms with E-state index < -0.39 is 12.1 Å². The molecule has 5 heteroatoms. The van der Waals surface area contributed by atoms with Crippen LogP contribution in [0, 0.1) is 0 Å². The van der Waals surface area contributed by atoms with Crippen molar-refractivity contribution in [2.75, 3.05) is 13.1 Å². The average molecular weight is 297 g/mol. The van der Waals surface area contributed by atoms with Gasteiger partial charge < -0.3 is 14.7 Å². The Morgan fingerprint density at radius 2 is 1.82 bits per heavy atom. The fraction of sp³-hybridized carbons (Fsp3) is 0.176. The first-order valence-corrected chi connectivity index (χ1v) is 6.97. The van der Waals surface area contributed by atoms with Gasteiger partial charge in [-0.3, -0.25) is 9.59 Å². The van der Waals surface area contributed by atoms with Gasteiger partial charge >= 0.3 is 5.97 Å². The highest BCUT2D eigenvalue weighted by Gasteiger charge is 2.30. The predicted molar refractivity (Wildman–Crippen MR) is 79.8 cm³/mol. The van der Waals surface area contributed by atoms with Crippen LogP contribution in [0.4, 0.5) is 0 Å². The van der Waals surface area contributed by atoms with Crippen molar-refractivity contribution in [2.24, 2.45) is 0 Å². The van der Waals surface area contributed by atoms with E-state index in [1.54, 1.807) is 24.3 Å². The number of fused-ring (bicyclic) bond motifs is 1. The third kappa shape index (κ3) is 2.79. The lowest BCUT2D eigenvalue weighted by molar-refractivity contribution is -0.137. The molecule has 2 aromatic rings. The van der Waals surface area contributed by atoms with E-state index >= 15 is 0 Å². The number of nitrogens with zero attached hydrogens (tertiary/aromatic N) is 1. The van der Waals surface area contributed by atoms with E-state index in [4.69, 9.17) is 9.84 Å². The first-order valence-electron chi connectivity index (χ1n) is 6.97. The van der Waals surface area contributed by atoms with Gasteiger partial charge in [-0.25, -0.2) is 0 Å². The summed E-state index contributed by atoms with van der Waals surface area (Å²) in [6.45, 7) is -0.149. The zero-order valence-electron chi connectivity index (χ0n) is 11.8. The van der Waals surface area contributed by atoms with Crippen LogP contribution in [0.2, 0.25) is 0 Å². The number of ether oxygens (including phenoxy) is 1. The summed E-state index contributed by atoms with van der Waals surface area (Å²) in [5, 5.41) is 9.05. The van der Waals surface area contributed by atoms with Crippen molar-refractivity contribution < 1.29 is 19.4 Å². The molecule has 0 saturated carbocycles. The number of aliphatic carboxylic acids is 1. The highest BCUT2D eigenvalue weighted by molar-refractivity contribution is 5.98. The number of carboxylic acids is 1. The molecule has 0 fully saturated rings. The van der Waals surface area contributed by atoms with Gasteiger partial charge in [-0.15, -0.1) is 0 Å². The van der Waals surface area contributed by atoms with Crippen LogP contribution in [0.1, 0.15) is 22.0 Å². The molecule has 1 heterocycles. The van der Waals surface area contributed by atoms with E-state index in [1.165, 1.54) is 4.90 Å². The number of hydrogen-bond acceptors (Lipinski definition) is 3. The van der Waals surface area contributed by atoms with Crippen molar-refractivity contribution in [1.82, 2.24) is 4.90 Å². The average Bonchev–Trinajstić information content (AvgIpc) is 2.66. The number of rotatable bonds is 3. The number of carboxylic acid groups (broad SMARTS) is 1. The van der Waals surface area contributed by atoms with Gasteiger partial charge in [-0.1, -0.05) is 42.5 Å². The number of carbonyl (C=O) groups is 2. The second-order valence-corrected chi connectivity index (χ2v) is 5.09. The molecule has 1 amide bonds.